The first-order valence-electron chi connectivity index (χ1n) is 5.49. The molecule has 0 aliphatic rings. The van der Waals surface area contributed by atoms with Gasteiger partial charge in [-0.2, -0.15) is 0 Å². The van der Waals surface area contributed by atoms with E-state index < -0.39 is 0 Å². The molecular formula is C13H18FNO2. The highest BCUT2D eigenvalue weighted by Gasteiger charge is 2.07. The Hall–Kier alpha value is -1.55. The number of likely N-dealkylation sites (N-methyl/N-ethyl adjacent to an activating group) is 1. The maximum absolute atomic E-state index is 12.8. The van der Waals surface area contributed by atoms with Gasteiger partial charge in [-0.05, 0) is 24.2 Å². The van der Waals surface area contributed by atoms with Gasteiger partial charge in [0.15, 0.2) is 11.5 Å². The second-order valence-electron chi connectivity index (χ2n) is 3.48. The van der Waals surface area contributed by atoms with Gasteiger partial charge in [0.25, 0.3) is 0 Å². The molecule has 0 saturated heterocycles. The lowest BCUT2D eigenvalue weighted by atomic mass is 10.1. The zero-order valence-electron chi connectivity index (χ0n) is 10.4. The lowest BCUT2D eigenvalue weighted by molar-refractivity contribution is 0.355. The van der Waals surface area contributed by atoms with Crippen LogP contribution >= 0.6 is 0 Å². The Morgan fingerprint density at radius 2 is 2.00 bits per heavy atom. The molecule has 1 rings (SSSR count). The van der Waals surface area contributed by atoms with Gasteiger partial charge in [0.2, 0.25) is 0 Å². The van der Waals surface area contributed by atoms with Gasteiger partial charge >= 0.3 is 0 Å². The Balaban J connectivity index is 2.97. The monoisotopic (exact) mass is 239 g/mol. The van der Waals surface area contributed by atoms with Crippen LogP contribution in [0.1, 0.15) is 12.5 Å². The van der Waals surface area contributed by atoms with Crippen LogP contribution in [0.3, 0.4) is 0 Å². The van der Waals surface area contributed by atoms with Crippen molar-refractivity contribution in [2.75, 3.05) is 27.3 Å². The number of hydrogen-bond donors (Lipinski definition) is 1. The molecule has 1 N–H and O–H groups in total. The smallest absolute Gasteiger partial charge is 0.161 e. The molecule has 0 aliphatic carbocycles. The summed E-state index contributed by atoms with van der Waals surface area (Å²) in [4.78, 5) is 0. The number of benzene rings is 1. The summed E-state index contributed by atoms with van der Waals surface area (Å²) in [5, 5.41) is 3.08. The fourth-order valence-electron chi connectivity index (χ4n) is 1.50. The Bertz CT molecular complexity index is 391. The summed E-state index contributed by atoms with van der Waals surface area (Å²) in [5.41, 5.74) is 1.37. The van der Waals surface area contributed by atoms with E-state index in [0.29, 0.717) is 29.9 Å². The quantitative estimate of drug-likeness (QED) is 0.827. The van der Waals surface area contributed by atoms with E-state index in [0.717, 1.165) is 12.1 Å². The van der Waals surface area contributed by atoms with Crippen LogP contribution in [0.25, 0.3) is 5.57 Å². The number of nitrogens with one attached hydrogen (secondary N) is 1. The molecule has 0 saturated carbocycles. The fraction of sp³-hybridized carbons (Fsp3) is 0.385. The molecule has 0 aromatic heterocycles. The van der Waals surface area contributed by atoms with Gasteiger partial charge in [-0.1, -0.05) is 13.0 Å². The highest BCUT2D eigenvalue weighted by Crippen LogP contribution is 2.30. The summed E-state index contributed by atoms with van der Waals surface area (Å²) in [6.07, 6.45) is 0.615. The second kappa shape index (κ2) is 6.91. The molecule has 4 heteroatoms. The van der Waals surface area contributed by atoms with Gasteiger partial charge in [-0.3, -0.25) is 0 Å². The van der Waals surface area contributed by atoms with Crippen molar-refractivity contribution in [2.24, 2.45) is 0 Å². The van der Waals surface area contributed by atoms with Crippen LogP contribution in [-0.4, -0.2) is 27.3 Å². The van der Waals surface area contributed by atoms with Crippen molar-refractivity contribution in [1.29, 1.82) is 0 Å². The van der Waals surface area contributed by atoms with Crippen LogP contribution in [0.5, 0.6) is 11.5 Å². The minimum atomic E-state index is 0.489. The first-order valence-corrected chi connectivity index (χ1v) is 5.49. The van der Waals surface area contributed by atoms with Crippen LogP contribution in [-0.2, 0) is 0 Å². The van der Waals surface area contributed by atoms with Gasteiger partial charge in [0, 0.05) is 12.1 Å². The lowest BCUT2D eigenvalue weighted by Gasteiger charge is -2.11. The van der Waals surface area contributed by atoms with Gasteiger partial charge in [0.1, 0.15) is 0 Å². The van der Waals surface area contributed by atoms with Crippen molar-refractivity contribution in [3.63, 3.8) is 0 Å². The first-order chi connectivity index (χ1) is 8.26. The van der Waals surface area contributed by atoms with E-state index in [1.54, 1.807) is 26.4 Å². The molecule has 0 spiro atoms. The standard InChI is InChI=1S/C13H18FNO2/c1-4-15-9-11(8-14)10-5-6-12(16-2)13(7-10)17-3/h5-8,15H,4,9H2,1-3H3/b11-8-. The minimum Gasteiger partial charge on any atom is -0.493 e. The number of hydrogen-bond acceptors (Lipinski definition) is 3. The van der Waals surface area contributed by atoms with E-state index in [1.165, 1.54) is 0 Å². The van der Waals surface area contributed by atoms with Gasteiger partial charge in [-0.25, -0.2) is 4.39 Å². The van der Waals surface area contributed by atoms with Crippen LogP contribution < -0.4 is 14.8 Å². The van der Waals surface area contributed by atoms with Crippen molar-refractivity contribution in [2.45, 2.75) is 6.92 Å². The van der Waals surface area contributed by atoms with E-state index in [-0.39, 0.29) is 0 Å². The Morgan fingerprint density at radius 3 is 2.53 bits per heavy atom. The van der Waals surface area contributed by atoms with Crippen LogP contribution in [0.15, 0.2) is 24.5 Å². The highest BCUT2D eigenvalue weighted by atomic mass is 19.1. The topological polar surface area (TPSA) is 30.5 Å². The third kappa shape index (κ3) is 3.46. The lowest BCUT2D eigenvalue weighted by Crippen LogP contribution is -2.15. The van der Waals surface area contributed by atoms with Gasteiger partial charge in [0.05, 0.1) is 20.5 Å². The zero-order valence-corrected chi connectivity index (χ0v) is 10.4. The molecule has 0 radical (unpaired) electrons. The van der Waals surface area contributed by atoms with E-state index in [1.807, 2.05) is 13.0 Å². The minimum absolute atomic E-state index is 0.489. The number of ether oxygens (including phenoxy) is 2. The molecule has 1 aromatic rings. The summed E-state index contributed by atoms with van der Waals surface area (Å²) in [7, 11) is 3.13. The number of rotatable bonds is 6. The summed E-state index contributed by atoms with van der Waals surface area (Å²) >= 11 is 0. The van der Waals surface area contributed by atoms with E-state index in [2.05, 4.69) is 5.32 Å². The summed E-state index contributed by atoms with van der Waals surface area (Å²) < 4.78 is 23.1. The predicted molar refractivity (Wildman–Crippen MR) is 67.2 cm³/mol. The maximum atomic E-state index is 12.8. The average Bonchev–Trinajstić information content (AvgIpc) is 2.39. The SMILES string of the molecule is CCNC/C(=C/F)c1ccc(OC)c(OC)c1. The number of halogens is 1. The third-order valence-electron chi connectivity index (χ3n) is 2.45. The molecule has 94 valence electrons. The first kappa shape index (κ1) is 13.5. The molecule has 0 amide bonds. The molecule has 3 nitrogen and oxygen atoms in total. The van der Waals surface area contributed by atoms with E-state index >= 15 is 0 Å². The summed E-state index contributed by atoms with van der Waals surface area (Å²) in [6, 6.07) is 5.34. The zero-order chi connectivity index (χ0) is 12.7. The van der Waals surface area contributed by atoms with Crippen molar-refractivity contribution in [3.05, 3.63) is 30.1 Å². The molecule has 0 bridgehead atoms. The van der Waals surface area contributed by atoms with E-state index in [4.69, 9.17) is 9.47 Å². The van der Waals surface area contributed by atoms with Crippen molar-refractivity contribution in [3.8, 4) is 11.5 Å². The molecular weight excluding hydrogens is 221 g/mol. The maximum Gasteiger partial charge on any atom is 0.161 e. The summed E-state index contributed by atoms with van der Waals surface area (Å²) in [5.74, 6) is 1.23. The predicted octanol–water partition coefficient (Wildman–Crippen LogP) is 2.62. The summed E-state index contributed by atoms with van der Waals surface area (Å²) in [6.45, 7) is 3.26. The Morgan fingerprint density at radius 1 is 1.29 bits per heavy atom. The van der Waals surface area contributed by atoms with Crippen molar-refractivity contribution in [1.82, 2.24) is 5.32 Å². The molecule has 0 heterocycles. The fourth-order valence-corrected chi connectivity index (χ4v) is 1.50. The van der Waals surface area contributed by atoms with Gasteiger partial charge in [-0.15, -0.1) is 0 Å². The Kier molecular flexibility index (Phi) is 5.49. The molecule has 17 heavy (non-hydrogen) atoms. The Labute approximate surface area is 101 Å². The molecule has 0 unspecified atom stereocenters. The second-order valence-corrected chi connectivity index (χ2v) is 3.48. The molecule has 1 aromatic carbocycles. The van der Waals surface area contributed by atoms with Crippen LogP contribution in [0, 0.1) is 0 Å². The van der Waals surface area contributed by atoms with Crippen molar-refractivity contribution < 1.29 is 13.9 Å². The largest absolute Gasteiger partial charge is 0.493 e. The number of methoxy groups -OCH3 is 2. The highest BCUT2D eigenvalue weighted by molar-refractivity contribution is 5.68. The molecule has 0 atom stereocenters. The normalized spacial score (nSPS) is 11.4. The van der Waals surface area contributed by atoms with E-state index in [9.17, 15) is 4.39 Å². The third-order valence-corrected chi connectivity index (χ3v) is 2.45. The van der Waals surface area contributed by atoms with Crippen LogP contribution in [0.4, 0.5) is 4.39 Å². The average molecular weight is 239 g/mol. The van der Waals surface area contributed by atoms with Crippen molar-refractivity contribution >= 4 is 5.57 Å². The van der Waals surface area contributed by atoms with Crippen LogP contribution in [0.2, 0.25) is 0 Å². The van der Waals surface area contributed by atoms with Gasteiger partial charge < -0.3 is 14.8 Å². The molecule has 0 fully saturated rings. The molecule has 0 aliphatic heterocycles.